The quantitative estimate of drug-likeness (QED) is 0.321. The first-order chi connectivity index (χ1) is 11.4. The second-order valence-corrected chi connectivity index (χ2v) is 5.92. The topological polar surface area (TPSA) is 35.5 Å². The van der Waals surface area contributed by atoms with Crippen LogP contribution < -0.4 is 9.47 Å². The van der Waals surface area contributed by atoms with Gasteiger partial charge in [0, 0.05) is 5.57 Å². The summed E-state index contributed by atoms with van der Waals surface area (Å²) in [6.07, 6.45) is 0. The van der Waals surface area contributed by atoms with Crippen molar-refractivity contribution in [2.75, 3.05) is 6.61 Å². The number of hydrogen-bond acceptors (Lipinski definition) is 3. The first kappa shape index (κ1) is 17.5. The maximum absolute atomic E-state index is 11.5. The van der Waals surface area contributed by atoms with E-state index in [1.165, 1.54) is 0 Å². The molecule has 2 aromatic rings. The summed E-state index contributed by atoms with van der Waals surface area (Å²) in [6, 6.07) is 13.4. The second kappa shape index (κ2) is 7.64. The highest BCUT2D eigenvalue weighted by atomic mass is 16.5. The molecule has 24 heavy (non-hydrogen) atoms. The molecule has 0 heterocycles. The Morgan fingerprint density at radius 3 is 2.17 bits per heavy atom. The van der Waals surface area contributed by atoms with Gasteiger partial charge >= 0.3 is 5.97 Å². The highest BCUT2D eigenvalue weighted by Crippen LogP contribution is 2.28. The molecule has 0 aromatic heterocycles. The molecule has 0 radical (unpaired) electrons. The van der Waals surface area contributed by atoms with E-state index in [2.05, 4.69) is 19.2 Å². The van der Waals surface area contributed by atoms with E-state index in [0.29, 0.717) is 17.9 Å². The summed E-state index contributed by atoms with van der Waals surface area (Å²) >= 11 is 0. The predicted molar refractivity (Wildman–Crippen MR) is 97.4 cm³/mol. The normalized spacial score (nSPS) is 10.1. The molecule has 0 aliphatic heterocycles. The molecule has 3 nitrogen and oxygen atoms in total. The average molecular weight is 322 g/mol. The fourth-order valence-corrected chi connectivity index (χ4v) is 2.10. The first-order valence-corrected chi connectivity index (χ1v) is 7.73. The minimum Gasteiger partial charge on any atom is -0.489 e. The zero-order chi connectivity index (χ0) is 17.7. The zero-order valence-corrected chi connectivity index (χ0v) is 14.4. The fourth-order valence-electron chi connectivity index (χ4n) is 2.10. The molecular weight excluding hydrogens is 300 g/mol. The molecule has 0 bridgehead atoms. The van der Waals surface area contributed by atoms with Gasteiger partial charge in [-0.2, -0.15) is 0 Å². The minimum atomic E-state index is -0.419. The zero-order valence-electron chi connectivity index (χ0n) is 14.4. The number of hydrogen-bond donors (Lipinski definition) is 0. The molecule has 0 spiro atoms. The number of carbonyl (C=O) groups excluding carboxylic acids is 1. The smallest absolute Gasteiger partial charge is 0.338 e. The molecular formula is C21H22O3. The summed E-state index contributed by atoms with van der Waals surface area (Å²) < 4.78 is 10.9. The molecule has 3 heteroatoms. The summed E-state index contributed by atoms with van der Waals surface area (Å²) in [5.41, 5.74) is 4.54. The Balaban J connectivity index is 2.14. The highest BCUT2D eigenvalue weighted by Gasteiger charge is 2.07. The van der Waals surface area contributed by atoms with Gasteiger partial charge in [-0.15, -0.1) is 0 Å². The Labute approximate surface area is 143 Å². The molecule has 0 saturated carbocycles. The van der Waals surface area contributed by atoms with E-state index in [0.717, 1.165) is 28.0 Å². The molecule has 0 saturated heterocycles. The average Bonchev–Trinajstić information content (AvgIpc) is 2.54. The Hall–Kier alpha value is -2.81. The van der Waals surface area contributed by atoms with Gasteiger partial charge in [-0.3, -0.25) is 0 Å². The number of ether oxygens (including phenoxy) is 2. The van der Waals surface area contributed by atoms with Gasteiger partial charge in [0.25, 0.3) is 0 Å². The Morgan fingerprint density at radius 1 is 1.00 bits per heavy atom. The first-order valence-electron chi connectivity index (χ1n) is 7.73. The monoisotopic (exact) mass is 322 g/mol. The lowest BCUT2D eigenvalue weighted by Gasteiger charge is -2.11. The molecule has 0 aliphatic carbocycles. The number of benzene rings is 2. The van der Waals surface area contributed by atoms with E-state index in [-0.39, 0.29) is 0 Å². The summed E-state index contributed by atoms with van der Waals surface area (Å²) in [6.45, 7) is 13.5. The molecule has 0 N–H and O–H groups in total. The molecule has 0 unspecified atom stereocenters. The Bertz CT molecular complexity index is 770. The predicted octanol–water partition coefficient (Wildman–Crippen LogP) is 5.10. The maximum Gasteiger partial charge on any atom is 0.338 e. The number of esters is 1. The van der Waals surface area contributed by atoms with Gasteiger partial charge in [0.2, 0.25) is 0 Å². The van der Waals surface area contributed by atoms with Crippen molar-refractivity contribution in [2.45, 2.75) is 20.8 Å². The molecule has 0 aliphatic rings. The van der Waals surface area contributed by atoms with E-state index in [9.17, 15) is 4.79 Å². The Morgan fingerprint density at radius 2 is 1.62 bits per heavy atom. The minimum absolute atomic E-state index is 0.375. The van der Waals surface area contributed by atoms with Crippen LogP contribution in [0.1, 0.15) is 19.4 Å². The van der Waals surface area contributed by atoms with Crippen LogP contribution in [0.3, 0.4) is 0 Å². The van der Waals surface area contributed by atoms with E-state index in [4.69, 9.17) is 9.47 Å². The van der Waals surface area contributed by atoms with Crippen molar-refractivity contribution < 1.29 is 14.3 Å². The van der Waals surface area contributed by atoms with Gasteiger partial charge in [0.1, 0.15) is 18.1 Å². The second-order valence-electron chi connectivity index (χ2n) is 5.92. The van der Waals surface area contributed by atoms with Gasteiger partial charge in [0.05, 0.1) is 0 Å². The van der Waals surface area contributed by atoms with Crippen molar-refractivity contribution in [3.8, 4) is 22.6 Å². The fraction of sp³-hybridized carbons (Fsp3) is 0.190. The van der Waals surface area contributed by atoms with Crippen molar-refractivity contribution >= 4 is 5.97 Å². The third-order valence-electron chi connectivity index (χ3n) is 3.40. The van der Waals surface area contributed by atoms with Crippen molar-refractivity contribution in [3.05, 3.63) is 72.3 Å². The molecule has 0 fully saturated rings. The third kappa shape index (κ3) is 4.59. The number of rotatable bonds is 6. The van der Waals surface area contributed by atoms with Gasteiger partial charge in [-0.1, -0.05) is 31.4 Å². The van der Waals surface area contributed by atoms with E-state index in [1.807, 2.05) is 38.1 Å². The Kier molecular flexibility index (Phi) is 5.59. The molecule has 124 valence electrons. The molecule has 2 rings (SSSR count). The lowest BCUT2D eigenvalue weighted by atomic mass is 10.0. The standard InChI is InChI=1S/C21H22O3/c1-14(2)13-23-20-11-8-18(12-16(20)5)17-6-9-19(10-7-17)24-21(22)15(3)4/h6-12H,1,3,13H2,2,4-5H3. The molecule has 0 atom stereocenters. The van der Waals surface area contributed by atoms with Gasteiger partial charge in [-0.25, -0.2) is 4.79 Å². The van der Waals surface area contributed by atoms with Crippen molar-refractivity contribution in [1.29, 1.82) is 0 Å². The molecule has 0 amide bonds. The summed E-state index contributed by atoms with van der Waals surface area (Å²) in [5.74, 6) is 0.941. The van der Waals surface area contributed by atoms with E-state index in [1.54, 1.807) is 19.1 Å². The lowest BCUT2D eigenvalue weighted by Crippen LogP contribution is -2.07. The largest absolute Gasteiger partial charge is 0.489 e. The van der Waals surface area contributed by atoms with Gasteiger partial charge in [-0.05, 0) is 67.3 Å². The van der Waals surface area contributed by atoms with Crippen LogP contribution >= 0.6 is 0 Å². The van der Waals surface area contributed by atoms with Crippen LogP contribution in [-0.4, -0.2) is 12.6 Å². The van der Waals surface area contributed by atoms with Crippen LogP contribution in [0.15, 0.2) is 66.8 Å². The third-order valence-corrected chi connectivity index (χ3v) is 3.40. The van der Waals surface area contributed by atoms with Crippen LogP contribution in [-0.2, 0) is 4.79 Å². The summed E-state index contributed by atoms with van der Waals surface area (Å²) in [7, 11) is 0. The number of aryl methyl sites for hydroxylation is 1. The van der Waals surface area contributed by atoms with E-state index < -0.39 is 5.97 Å². The number of carbonyl (C=O) groups is 1. The lowest BCUT2D eigenvalue weighted by molar-refractivity contribution is -0.130. The van der Waals surface area contributed by atoms with Crippen LogP contribution in [0.25, 0.3) is 11.1 Å². The van der Waals surface area contributed by atoms with Gasteiger partial charge < -0.3 is 9.47 Å². The van der Waals surface area contributed by atoms with Crippen LogP contribution in [0.5, 0.6) is 11.5 Å². The molecule has 2 aromatic carbocycles. The SMILES string of the molecule is C=C(C)COc1ccc(-c2ccc(OC(=O)C(=C)C)cc2)cc1C. The van der Waals surface area contributed by atoms with Crippen molar-refractivity contribution in [2.24, 2.45) is 0 Å². The van der Waals surface area contributed by atoms with Gasteiger partial charge in [0.15, 0.2) is 0 Å². The summed E-state index contributed by atoms with van der Waals surface area (Å²) in [5, 5.41) is 0. The van der Waals surface area contributed by atoms with Crippen LogP contribution in [0, 0.1) is 6.92 Å². The van der Waals surface area contributed by atoms with Crippen molar-refractivity contribution in [1.82, 2.24) is 0 Å². The van der Waals surface area contributed by atoms with Crippen LogP contribution in [0.2, 0.25) is 0 Å². The summed E-state index contributed by atoms with van der Waals surface area (Å²) in [4.78, 5) is 11.5. The van der Waals surface area contributed by atoms with Crippen LogP contribution in [0.4, 0.5) is 0 Å². The highest BCUT2D eigenvalue weighted by molar-refractivity contribution is 5.88. The van der Waals surface area contributed by atoms with E-state index >= 15 is 0 Å². The maximum atomic E-state index is 11.5. The van der Waals surface area contributed by atoms with Crippen molar-refractivity contribution in [3.63, 3.8) is 0 Å².